The van der Waals surface area contributed by atoms with Crippen molar-refractivity contribution in [3.63, 3.8) is 0 Å². The number of carbonyl (C=O) groups is 1. The second-order valence-corrected chi connectivity index (χ2v) is 4.88. The lowest BCUT2D eigenvalue weighted by Crippen LogP contribution is -1.94. The number of benzene rings is 2. The quantitative estimate of drug-likeness (QED) is 0.525. The third-order valence-corrected chi connectivity index (χ3v) is 3.61. The Bertz CT molecular complexity index is 967. The van der Waals surface area contributed by atoms with Crippen LogP contribution in [0, 0.1) is 0 Å². The number of aromatic nitrogens is 3. The van der Waals surface area contributed by atoms with Crippen molar-refractivity contribution < 1.29 is 9.90 Å². The molecular formula is C16H11N3O2. The van der Waals surface area contributed by atoms with Crippen LogP contribution in [0.25, 0.3) is 33.2 Å². The number of nitrogens with zero attached hydrogens (tertiary/aromatic N) is 1. The van der Waals surface area contributed by atoms with E-state index in [0.717, 1.165) is 33.2 Å². The minimum absolute atomic E-state index is 0.264. The van der Waals surface area contributed by atoms with Gasteiger partial charge in [0.25, 0.3) is 0 Å². The highest BCUT2D eigenvalue weighted by Gasteiger charge is 2.14. The van der Waals surface area contributed by atoms with Gasteiger partial charge in [-0.1, -0.05) is 30.3 Å². The summed E-state index contributed by atoms with van der Waals surface area (Å²) in [6.45, 7) is 0. The Kier molecular flexibility index (Phi) is 2.35. The van der Waals surface area contributed by atoms with Gasteiger partial charge in [-0.15, -0.1) is 0 Å². The SMILES string of the molecule is O=C(O)c1ccc2c(c1)[nH]c1c(-c3ccccc3)n[nH]c12. The van der Waals surface area contributed by atoms with E-state index < -0.39 is 5.97 Å². The molecule has 0 unspecified atom stereocenters. The van der Waals surface area contributed by atoms with Crippen LogP contribution in [0.5, 0.6) is 0 Å². The summed E-state index contributed by atoms with van der Waals surface area (Å²) in [5, 5.41) is 17.4. The van der Waals surface area contributed by atoms with Crippen LogP contribution in [0.2, 0.25) is 0 Å². The summed E-state index contributed by atoms with van der Waals surface area (Å²) in [6, 6.07) is 14.9. The predicted octanol–water partition coefficient (Wildman–Crippen LogP) is 3.41. The zero-order valence-corrected chi connectivity index (χ0v) is 10.9. The fourth-order valence-electron chi connectivity index (χ4n) is 2.60. The van der Waals surface area contributed by atoms with Crippen LogP contribution in [-0.4, -0.2) is 26.3 Å². The highest BCUT2D eigenvalue weighted by molar-refractivity contribution is 6.10. The summed E-state index contributed by atoms with van der Waals surface area (Å²) < 4.78 is 0. The van der Waals surface area contributed by atoms with E-state index in [1.165, 1.54) is 0 Å². The van der Waals surface area contributed by atoms with Crippen molar-refractivity contribution in [2.24, 2.45) is 0 Å². The molecule has 2 aromatic heterocycles. The predicted molar refractivity (Wildman–Crippen MR) is 80.3 cm³/mol. The van der Waals surface area contributed by atoms with E-state index in [2.05, 4.69) is 15.2 Å². The summed E-state index contributed by atoms with van der Waals surface area (Å²) >= 11 is 0. The zero-order valence-electron chi connectivity index (χ0n) is 10.9. The first kappa shape index (κ1) is 11.7. The van der Waals surface area contributed by atoms with E-state index in [4.69, 9.17) is 5.11 Å². The fourth-order valence-corrected chi connectivity index (χ4v) is 2.60. The van der Waals surface area contributed by atoms with Gasteiger partial charge in [0.1, 0.15) is 5.69 Å². The number of hydrogen-bond donors (Lipinski definition) is 3. The lowest BCUT2D eigenvalue weighted by molar-refractivity contribution is 0.0697. The third-order valence-electron chi connectivity index (χ3n) is 3.61. The van der Waals surface area contributed by atoms with Gasteiger partial charge in [-0.2, -0.15) is 5.10 Å². The van der Waals surface area contributed by atoms with Crippen LogP contribution in [0.4, 0.5) is 0 Å². The molecule has 0 bridgehead atoms. The lowest BCUT2D eigenvalue weighted by Gasteiger charge is -1.96. The Morgan fingerprint density at radius 1 is 1.05 bits per heavy atom. The number of fused-ring (bicyclic) bond motifs is 3. The van der Waals surface area contributed by atoms with E-state index in [-0.39, 0.29) is 5.56 Å². The Morgan fingerprint density at radius 2 is 1.86 bits per heavy atom. The van der Waals surface area contributed by atoms with E-state index in [9.17, 15) is 4.79 Å². The Balaban J connectivity index is 2.00. The number of carboxylic acids is 1. The minimum Gasteiger partial charge on any atom is -0.478 e. The molecule has 4 rings (SSSR count). The van der Waals surface area contributed by atoms with Gasteiger partial charge < -0.3 is 10.1 Å². The van der Waals surface area contributed by atoms with Gasteiger partial charge >= 0.3 is 5.97 Å². The lowest BCUT2D eigenvalue weighted by atomic mass is 10.1. The van der Waals surface area contributed by atoms with Crippen molar-refractivity contribution in [1.82, 2.24) is 15.2 Å². The Labute approximate surface area is 119 Å². The van der Waals surface area contributed by atoms with Crippen molar-refractivity contribution >= 4 is 27.9 Å². The number of nitrogens with one attached hydrogen (secondary N) is 2. The molecule has 0 atom stereocenters. The third kappa shape index (κ3) is 1.71. The molecule has 0 saturated heterocycles. The number of aromatic carboxylic acids is 1. The van der Waals surface area contributed by atoms with Crippen molar-refractivity contribution in [3.05, 3.63) is 54.1 Å². The van der Waals surface area contributed by atoms with Crippen molar-refractivity contribution in [1.29, 1.82) is 0 Å². The minimum atomic E-state index is -0.934. The molecule has 5 nitrogen and oxygen atoms in total. The molecule has 0 aliphatic rings. The van der Waals surface area contributed by atoms with Crippen LogP contribution in [0.15, 0.2) is 48.5 Å². The molecule has 0 amide bonds. The first-order valence-electron chi connectivity index (χ1n) is 6.52. The standard InChI is InChI=1S/C16H11N3O2/c20-16(21)10-6-7-11-12(8-10)17-15-13(18-19-14(11)15)9-4-2-1-3-5-9/h1-8,17H,(H,18,19)(H,20,21). The molecule has 0 fully saturated rings. The summed E-state index contributed by atoms with van der Waals surface area (Å²) in [5.74, 6) is -0.934. The maximum atomic E-state index is 11.1. The monoisotopic (exact) mass is 277 g/mol. The van der Waals surface area contributed by atoms with Crippen LogP contribution in [0.1, 0.15) is 10.4 Å². The molecule has 21 heavy (non-hydrogen) atoms. The summed E-state index contributed by atoms with van der Waals surface area (Å²) in [4.78, 5) is 14.3. The topological polar surface area (TPSA) is 81.8 Å². The van der Waals surface area contributed by atoms with Crippen molar-refractivity contribution in [2.45, 2.75) is 0 Å². The highest BCUT2D eigenvalue weighted by atomic mass is 16.4. The van der Waals surface area contributed by atoms with Gasteiger partial charge in [0.2, 0.25) is 0 Å². The molecule has 4 aromatic rings. The molecule has 2 aromatic carbocycles. The number of aromatic amines is 2. The zero-order chi connectivity index (χ0) is 14.4. The Morgan fingerprint density at radius 3 is 2.62 bits per heavy atom. The normalized spacial score (nSPS) is 11.2. The average molecular weight is 277 g/mol. The molecular weight excluding hydrogens is 266 g/mol. The maximum absolute atomic E-state index is 11.1. The average Bonchev–Trinajstić information content (AvgIpc) is 3.06. The summed E-state index contributed by atoms with van der Waals surface area (Å²) in [6.07, 6.45) is 0. The van der Waals surface area contributed by atoms with Gasteiger partial charge in [0.05, 0.1) is 16.6 Å². The van der Waals surface area contributed by atoms with Crippen LogP contribution in [-0.2, 0) is 0 Å². The fraction of sp³-hybridized carbons (Fsp3) is 0. The second-order valence-electron chi connectivity index (χ2n) is 4.88. The van der Waals surface area contributed by atoms with Crippen molar-refractivity contribution in [3.8, 4) is 11.3 Å². The van der Waals surface area contributed by atoms with Crippen LogP contribution < -0.4 is 0 Å². The van der Waals surface area contributed by atoms with Gasteiger partial charge in [-0.3, -0.25) is 5.10 Å². The number of hydrogen-bond acceptors (Lipinski definition) is 2. The van der Waals surface area contributed by atoms with Crippen molar-refractivity contribution in [2.75, 3.05) is 0 Å². The van der Waals surface area contributed by atoms with Crippen LogP contribution in [0.3, 0.4) is 0 Å². The van der Waals surface area contributed by atoms with E-state index in [1.807, 2.05) is 30.3 Å². The largest absolute Gasteiger partial charge is 0.478 e. The highest BCUT2D eigenvalue weighted by Crippen LogP contribution is 2.31. The molecule has 0 radical (unpaired) electrons. The molecule has 5 heteroatoms. The molecule has 0 aliphatic carbocycles. The summed E-state index contributed by atoms with van der Waals surface area (Å²) in [5.41, 5.74) is 4.67. The van der Waals surface area contributed by atoms with Gasteiger partial charge in [-0.05, 0) is 18.2 Å². The Hall–Kier alpha value is -3.08. The molecule has 0 spiro atoms. The van der Waals surface area contributed by atoms with E-state index >= 15 is 0 Å². The molecule has 102 valence electrons. The second kappa shape index (κ2) is 4.21. The molecule has 0 saturated carbocycles. The van der Waals surface area contributed by atoms with E-state index in [1.54, 1.807) is 18.2 Å². The first-order valence-corrected chi connectivity index (χ1v) is 6.52. The van der Waals surface area contributed by atoms with Gasteiger partial charge in [-0.25, -0.2) is 4.79 Å². The molecule has 3 N–H and O–H groups in total. The molecule has 0 aliphatic heterocycles. The number of H-pyrrole nitrogens is 2. The number of carboxylic acid groups (broad SMARTS) is 1. The smallest absolute Gasteiger partial charge is 0.335 e. The first-order chi connectivity index (χ1) is 10.2. The summed E-state index contributed by atoms with van der Waals surface area (Å²) in [7, 11) is 0. The van der Waals surface area contributed by atoms with Crippen LogP contribution >= 0.6 is 0 Å². The van der Waals surface area contributed by atoms with Gasteiger partial charge in [0, 0.05) is 16.5 Å². The molecule has 2 heterocycles. The maximum Gasteiger partial charge on any atom is 0.335 e. The number of rotatable bonds is 2. The van der Waals surface area contributed by atoms with E-state index in [0.29, 0.717) is 0 Å². The van der Waals surface area contributed by atoms with Gasteiger partial charge in [0.15, 0.2) is 0 Å².